The van der Waals surface area contributed by atoms with Crippen LogP contribution in [0, 0.1) is 5.92 Å². The van der Waals surface area contributed by atoms with E-state index in [1.54, 1.807) is 6.92 Å². The third kappa shape index (κ3) is 4.97. The van der Waals surface area contributed by atoms with Crippen LogP contribution in [0.3, 0.4) is 0 Å². The van der Waals surface area contributed by atoms with Gasteiger partial charge in [0.15, 0.2) is 18.1 Å². The van der Waals surface area contributed by atoms with Crippen molar-refractivity contribution in [1.82, 2.24) is 15.5 Å². The van der Waals surface area contributed by atoms with Gasteiger partial charge in [0.05, 0.1) is 6.61 Å². The molecule has 0 unspecified atom stereocenters. The molecule has 0 saturated heterocycles. The molecule has 26 heavy (non-hydrogen) atoms. The molecule has 3 rings (SSSR count). The van der Waals surface area contributed by atoms with E-state index in [0.29, 0.717) is 35.8 Å². The fourth-order valence-corrected chi connectivity index (χ4v) is 3.34. The molecule has 0 aliphatic heterocycles. The topological polar surface area (TPSA) is 86.5 Å². The second-order valence-electron chi connectivity index (χ2n) is 6.54. The standard InChI is InChI=1S/C19H25N3O4/c1-3-24-16-6-4-5-7-17(16)25-12-19-22-21-18(26-19)11-14-8-9-15(10-14)20-13(2)23/h4-7,14-15H,3,8-12H2,1-2H3,(H,20,23)/t14-,15+/m1/s1. The molecule has 1 heterocycles. The molecule has 2 aromatic rings. The summed E-state index contributed by atoms with van der Waals surface area (Å²) in [4.78, 5) is 11.1. The smallest absolute Gasteiger partial charge is 0.253 e. The Balaban J connectivity index is 1.50. The number of rotatable bonds is 8. The number of nitrogens with zero attached hydrogens (tertiary/aromatic N) is 2. The molecule has 140 valence electrons. The normalized spacial score (nSPS) is 19.3. The van der Waals surface area contributed by atoms with Crippen molar-refractivity contribution in [2.24, 2.45) is 5.92 Å². The predicted octanol–water partition coefficient (Wildman–Crippen LogP) is 2.89. The van der Waals surface area contributed by atoms with Gasteiger partial charge in [0, 0.05) is 19.4 Å². The number of nitrogens with one attached hydrogen (secondary N) is 1. The summed E-state index contributed by atoms with van der Waals surface area (Å²) in [7, 11) is 0. The largest absolute Gasteiger partial charge is 0.490 e. The lowest BCUT2D eigenvalue weighted by atomic mass is 10.0. The highest BCUT2D eigenvalue weighted by Gasteiger charge is 2.26. The van der Waals surface area contributed by atoms with Gasteiger partial charge in [0.1, 0.15) is 0 Å². The van der Waals surface area contributed by atoms with Crippen molar-refractivity contribution in [3.8, 4) is 11.5 Å². The van der Waals surface area contributed by atoms with Crippen molar-refractivity contribution in [3.63, 3.8) is 0 Å². The van der Waals surface area contributed by atoms with E-state index < -0.39 is 0 Å². The van der Waals surface area contributed by atoms with E-state index in [9.17, 15) is 4.79 Å². The maximum absolute atomic E-state index is 11.1. The fourth-order valence-electron chi connectivity index (χ4n) is 3.34. The van der Waals surface area contributed by atoms with Crippen LogP contribution in [0.25, 0.3) is 0 Å². The van der Waals surface area contributed by atoms with Crippen LogP contribution in [0.4, 0.5) is 0 Å². The maximum Gasteiger partial charge on any atom is 0.253 e. The lowest BCUT2D eigenvalue weighted by Gasteiger charge is -2.10. The van der Waals surface area contributed by atoms with Crippen LogP contribution in [-0.2, 0) is 17.8 Å². The maximum atomic E-state index is 11.1. The molecular weight excluding hydrogens is 334 g/mol. The lowest BCUT2D eigenvalue weighted by Crippen LogP contribution is -2.30. The highest BCUT2D eigenvalue weighted by molar-refractivity contribution is 5.73. The second kappa shape index (κ2) is 8.69. The molecule has 1 fully saturated rings. The molecule has 2 atom stereocenters. The van der Waals surface area contributed by atoms with Crippen molar-refractivity contribution in [2.45, 2.75) is 52.2 Å². The van der Waals surface area contributed by atoms with E-state index in [4.69, 9.17) is 13.9 Å². The van der Waals surface area contributed by atoms with E-state index in [1.807, 2.05) is 31.2 Å². The van der Waals surface area contributed by atoms with Gasteiger partial charge in [-0.1, -0.05) is 12.1 Å². The van der Waals surface area contributed by atoms with Crippen molar-refractivity contribution in [3.05, 3.63) is 36.0 Å². The number of amides is 1. The molecule has 7 heteroatoms. The molecule has 7 nitrogen and oxygen atoms in total. The zero-order valence-electron chi connectivity index (χ0n) is 15.2. The number of carbonyl (C=O) groups excluding carboxylic acids is 1. The van der Waals surface area contributed by atoms with Gasteiger partial charge < -0.3 is 19.2 Å². The van der Waals surface area contributed by atoms with E-state index in [2.05, 4.69) is 15.5 Å². The van der Waals surface area contributed by atoms with E-state index in [-0.39, 0.29) is 18.6 Å². The summed E-state index contributed by atoms with van der Waals surface area (Å²) in [6, 6.07) is 7.77. The summed E-state index contributed by atoms with van der Waals surface area (Å²) >= 11 is 0. The second-order valence-corrected chi connectivity index (χ2v) is 6.54. The lowest BCUT2D eigenvalue weighted by molar-refractivity contribution is -0.119. The van der Waals surface area contributed by atoms with Gasteiger partial charge in [-0.25, -0.2) is 0 Å². The quantitative estimate of drug-likeness (QED) is 0.780. The average Bonchev–Trinajstić information content (AvgIpc) is 3.24. The predicted molar refractivity (Wildman–Crippen MR) is 94.9 cm³/mol. The first-order chi connectivity index (χ1) is 12.6. The van der Waals surface area contributed by atoms with Crippen molar-refractivity contribution in [1.29, 1.82) is 0 Å². The number of aromatic nitrogens is 2. The van der Waals surface area contributed by atoms with E-state index in [0.717, 1.165) is 25.7 Å². The van der Waals surface area contributed by atoms with Gasteiger partial charge in [-0.05, 0) is 44.2 Å². The first-order valence-electron chi connectivity index (χ1n) is 9.07. The van der Waals surface area contributed by atoms with Gasteiger partial charge in [-0.15, -0.1) is 10.2 Å². The molecule has 1 saturated carbocycles. The number of carbonyl (C=O) groups is 1. The molecule has 1 aliphatic rings. The highest BCUT2D eigenvalue weighted by atomic mass is 16.5. The van der Waals surface area contributed by atoms with E-state index >= 15 is 0 Å². The molecule has 0 spiro atoms. The van der Waals surface area contributed by atoms with Crippen molar-refractivity contribution >= 4 is 5.91 Å². The van der Waals surface area contributed by atoms with Gasteiger partial charge >= 0.3 is 0 Å². The monoisotopic (exact) mass is 359 g/mol. The average molecular weight is 359 g/mol. The Morgan fingerprint density at radius 1 is 1.19 bits per heavy atom. The van der Waals surface area contributed by atoms with Crippen molar-refractivity contribution in [2.75, 3.05) is 6.61 Å². The van der Waals surface area contributed by atoms with Gasteiger partial charge in [-0.2, -0.15) is 0 Å². The minimum absolute atomic E-state index is 0.0280. The van der Waals surface area contributed by atoms with Gasteiger partial charge in [0.2, 0.25) is 11.8 Å². The Hall–Kier alpha value is -2.57. The van der Waals surface area contributed by atoms with Crippen LogP contribution in [0.5, 0.6) is 11.5 Å². The van der Waals surface area contributed by atoms with Crippen LogP contribution in [0.15, 0.2) is 28.7 Å². The summed E-state index contributed by atoms with van der Waals surface area (Å²) < 4.78 is 17.0. The third-order valence-corrected chi connectivity index (χ3v) is 4.42. The highest BCUT2D eigenvalue weighted by Crippen LogP contribution is 2.29. The zero-order valence-corrected chi connectivity index (χ0v) is 15.2. The van der Waals surface area contributed by atoms with Crippen molar-refractivity contribution < 1.29 is 18.7 Å². The Bertz CT molecular complexity index is 731. The Morgan fingerprint density at radius 3 is 2.65 bits per heavy atom. The third-order valence-electron chi connectivity index (χ3n) is 4.42. The van der Waals surface area contributed by atoms with E-state index in [1.165, 1.54) is 0 Å². The first kappa shape index (κ1) is 18.2. The summed E-state index contributed by atoms with van der Waals surface area (Å²) in [6.45, 7) is 4.27. The number of hydrogen-bond acceptors (Lipinski definition) is 6. The number of hydrogen-bond donors (Lipinski definition) is 1. The number of para-hydroxylation sites is 2. The van der Waals surface area contributed by atoms with Crippen LogP contribution in [0.1, 0.15) is 44.9 Å². The minimum atomic E-state index is 0.0280. The van der Waals surface area contributed by atoms with Crippen LogP contribution >= 0.6 is 0 Å². The number of benzene rings is 1. The van der Waals surface area contributed by atoms with Gasteiger partial charge in [-0.3, -0.25) is 4.79 Å². The molecule has 1 amide bonds. The zero-order chi connectivity index (χ0) is 18.4. The Kier molecular flexibility index (Phi) is 6.09. The summed E-state index contributed by atoms with van der Waals surface area (Å²) in [5.41, 5.74) is 0. The number of ether oxygens (including phenoxy) is 2. The molecule has 1 aliphatic carbocycles. The fraction of sp³-hybridized carbons (Fsp3) is 0.526. The molecule has 1 N–H and O–H groups in total. The molecule has 1 aromatic carbocycles. The molecular formula is C19H25N3O4. The SMILES string of the molecule is CCOc1ccccc1OCc1nnc(C[C@@H]2CC[C@H](NC(C)=O)C2)o1. The molecule has 0 radical (unpaired) electrons. The Labute approximate surface area is 153 Å². The van der Waals surface area contributed by atoms with Crippen LogP contribution in [0.2, 0.25) is 0 Å². The first-order valence-corrected chi connectivity index (χ1v) is 9.07. The summed E-state index contributed by atoms with van der Waals surface area (Å²) in [6.07, 6.45) is 3.75. The Morgan fingerprint density at radius 2 is 1.92 bits per heavy atom. The van der Waals surface area contributed by atoms with Crippen LogP contribution < -0.4 is 14.8 Å². The van der Waals surface area contributed by atoms with Gasteiger partial charge in [0.25, 0.3) is 5.89 Å². The summed E-state index contributed by atoms with van der Waals surface area (Å²) in [5.74, 6) is 2.91. The van der Waals surface area contributed by atoms with Crippen LogP contribution in [-0.4, -0.2) is 28.8 Å². The molecule has 0 bridgehead atoms. The minimum Gasteiger partial charge on any atom is -0.490 e. The summed E-state index contributed by atoms with van der Waals surface area (Å²) in [5, 5.41) is 11.2. The molecule has 1 aromatic heterocycles.